The lowest BCUT2D eigenvalue weighted by atomic mass is 9.93. The number of nitrogens with two attached hydrogens (primary N) is 1. The number of aryl methyl sites for hydroxylation is 2. The van der Waals surface area contributed by atoms with Crippen LogP contribution >= 0.6 is 0 Å². The largest absolute Gasteiger partial charge is 0.461 e. The van der Waals surface area contributed by atoms with Gasteiger partial charge in [0.2, 0.25) is 6.08 Å². The van der Waals surface area contributed by atoms with E-state index in [4.69, 9.17) is 14.6 Å². The van der Waals surface area contributed by atoms with Gasteiger partial charge in [-0.25, -0.2) is 37.5 Å². The second-order valence-corrected chi connectivity index (χ2v) is 17.6. The lowest BCUT2D eigenvalue weighted by Crippen LogP contribution is -2.35. The second kappa shape index (κ2) is 22.1. The van der Waals surface area contributed by atoms with Crippen molar-refractivity contribution in [2.75, 3.05) is 18.5 Å². The van der Waals surface area contributed by atoms with Gasteiger partial charge in [-0.3, -0.25) is 9.36 Å². The van der Waals surface area contributed by atoms with Crippen molar-refractivity contribution in [2.45, 2.75) is 103 Å². The topological polar surface area (TPSA) is 253 Å². The van der Waals surface area contributed by atoms with Crippen molar-refractivity contribution in [1.82, 2.24) is 24.3 Å². The molecule has 328 valence electrons. The number of para-hydroxylation sites is 2. The smallest absolute Gasteiger partial charge is 0.356 e. The first-order valence-electron chi connectivity index (χ1n) is 19.0. The van der Waals surface area contributed by atoms with E-state index in [9.17, 15) is 36.0 Å². The number of rotatable bonds is 13. The fourth-order valence-electron chi connectivity index (χ4n) is 5.64. The van der Waals surface area contributed by atoms with E-state index in [1.54, 1.807) is 19.9 Å². The van der Waals surface area contributed by atoms with Gasteiger partial charge in [-0.15, -0.1) is 0 Å². The summed E-state index contributed by atoms with van der Waals surface area (Å²) in [4.78, 5) is 50.0. The van der Waals surface area contributed by atoms with Gasteiger partial charge in [0, 0.05) is 31.9 Å². The minimum Gasteiger partial charge on any atom is -0.461 e. The van der Waals surface area contributed by atoms with E-state index in [2.05, 4.69) is 48.2 Å². The van der Waals surface area contributed by atoms with Gasteiger partial charge in [-0.1, -0.05) is 91.8 Å². The lowest BCUT2D eigenvalue weighted by molar-refractivity contribution is 0.0504. The summed E-state index contributed by atoms with van der Waals surface area (Å²) in [6, 6.07) is 13.0. The molecule has 0 radical (unpaired) electrons. The Morgan fingerprint density at radius 2 is 1.10 bits per heavy atom. The van der Waals surface area contributed by atoms with Crippen LogP contribution in [0.15, 0.2) is 63.6 Å². The molecule has 2 aromatic carbocycles. The fraction of sp³-hybridized carbons (Fsp3) is 0.450. The van der Waals surface area contributed by atoms with Gasteiger partial charge in [0.25, 0.3) is 20.0 Å². The highest BCUT2D eigenvalue weighted by molar-refractivity contribution is 7.90. The number of nitrogens with one attached hydrogen (secondary N) is 2. The third-order valence-corrected chi connectivity index (χ3v) is 10.6. The number of esters is 2. The van der Waals surface area contributed by atoms with Crippen molar-refractivity contribution in [3.8, 4) is 0 Å². The molecule has 4 N–H and O–H groups in total. The van der Waals surface area contributed by atoms with Gasteiger partial charge in [0.1, 0.15) is 11.4 Å². The summed E-state index contributed by atoms with van der Waals surface area (Å²) in [5, 5.41) is 14.1. The number of benzene rings is 2. The number of amides is 2. The number of hydrogen-bond acceptors (Lipinski definition) is 13. The van der Waals surface area contributed by atoms with Crippen LogP contribution in [0.2, 0.25) is 0 Å². The van der Waals surface area contributed by atoms with Crippen molar-refractivity contribution in [1.29, 1.82) is 0 Å². The third-order valence-electron chi connectivity index (χ3n) is 8.59. The van der Waals surface area contributed by atoms with Crippen LogP contribution in [0, 0.1) is 0 Å². The fourth-order valence-corrected chi connectivity index (χ4v) is 7.05. The van der Waals surface area contributed by atoms with E-state index in [1.165, 1.54) is 14.1 Å². The van der Waals surface area contributed by atoms with Gasteiger partial charge in [-0.2, -0.15) is 23.6 Å². The molecule has 0 aliphatic heterocycles. The minimum absolute atomic E-state index is 0.0371. The molecule has 4 aromatic rings. The van der Waals surface area contributed by atoms with Crippen LogP contribution in [0.4, 0.5) is 16.2 Å². The maximum absolute atomic E-state index is 12.6. The maximum atomic E-state index is 12.6. The Labute approximate surface area is 352 Å². The standard InChI is InChI=1S/C20H28N4O5S.C13H17NO.C7H11N3O4S/c1-7-29-19(25)16-11-17(22-24(16)6)30(27,28)23-20(26)21-18-14(12(2)3)9-8-10-15(18)13(4)5;1-9(2)11-6-5-7-12(10(3)4)13(11)14-8-15;1-3-14-7(11)5-4-6(9-10(5)2)15(8,12)13/h8-13H,7H2,1-6H3,(H2,21,23,26);5-7,9-10H,1-4H3;4H,3H2,1-2H3,(H2,8,12,13). The molecule has 0 atom stereocenters. The Balaban J connectivity index is 0.000000346. The summed E-state index contributed by atoms with van der Waals surface area (Å²) in [6.45, 7) is 20.0. The summed E-state index contributed by atoms with van der Waals surface area (Å²) in [5.41, 5.74) is 5.42. The van der Waals surface area contributed by atoms with Crippen molar-refractivity contribution in [3.05, 3.63) is 82.2 Å². The first kappa shape index (κ1) is 50.5. The number of carbonyl (C=O) groups is 3. The number of isocyanates is 1. The average molecular weight is 873 g/mol. The number of carbonyl (C=O) groups excluding carboxylic acids is 4. The molecule has 0 aliphatic carbocycles. The number of hydrogen-bond donors (Lipinski definition) is 3. The molecule has 2 heterocycles. The van der Waals surface area contributed by atoms with E-state index in [1.807, 2.05) is 68.8 Å². The van der Waals surface area contributed by atoms with Gasteiger partial charge in [0.05, 0.1) is 18.9 Å². The first-order chi connectivity index (χ1) is 27.9. The Hall–Kier alpha value is -5.69. The van der Waals surface area contributed by atoms with E-state index in [0.717, 1.165) is 49.4 Å². The number of primary sulfonamides is 1. The number of aromatic nitrogens is 4. The molecular weight excluding hydrogens is 817 g/mol. The Bertz CT molecular complexity index is 2360. The minimum atomic E-state index is -4.30. The van der Waals surface area contributed by atoms with Gasteiger partial charge < -0.3 is 14.8 Å². The summed E-state index contributed by atoms with van der Waals surface area (Å²) in [7, 11) is -5.34. The number of sulfonamides is 2. The highest BCUT2D eigenvalue weighted by Gasteiger charge is 2.26. The monoisotopic (exact) mass is 872 g/mol. The summed E-state index contributed by atoms with van der Waals surface area (Å²) in [5.74, 6) is -0.350. The van der Waals surface area contributed by atoms with Crippen LogP contribution in [0.3, 0.4) is 0 Å². The van der Waals surface area contributed by atoms with Crippen molar-refractivity contribution < 1.29 is 45.5 Å². The average Bonchev–Trinajstić information content (AvgIpc) is 3.75. The Morgan fingerprint density at radius 1 is 0.717 bits per heavy atom. The molecule has 0 unspecified atom stereocenters. The quantitative estimate of drug-likeness (QED) is 0.0740. The molecule has 0 saturated carbocycles. The van der Waals surface area contributed by atoms with Crippen molar-refractivity contribution in [2.24, 2.45) is 24.2 Å². The SMILES string of the molecule is CC(C)c1cccc(C(C)C)c1N=C=O.CCOC(=O)c1cc(S(=O)(=O)NC(=O)Nc2c(C(C)C)cccc2C(C)C)nn1C.CCOC(=O)c1cc(S(N)(=O)=O)nn1C. The lowest BCUT2D eigenvalue weighted by Gasteiger charge is -2.20. The molecule has 0 saturated heterocycles. The van der Waals surface area contributed by atoms with Crippen LogP contribution in [0.5, 0.6) is 0 Å². The molecule has 0 spiro atoms. The Kier molecular flexibility index (Phi) is 18.6. The molecule has 0 fully saturated rings. The predicted molar refractivity (Wildman–Crippen MR) is 226 cm³/mol. The zero-order chi connectivity index (χ0) is 45.7. The molecular formula is C40H56N8O10S2. The number of ether oxygens (including phenoxy) is 2. The van der Waals surface area contributed by atoms with Crippen molar-refractivity contribution in [3.63, 3.8) is 0 Å². The molecule has 2 aromatic heterocycles. The first-order valence-corrected chi connectivity index (χ1v) is 22.1. The van der Waals surface area contributed by atoms with Gasteiger partial charge in [-0.05, 0) is 59.8 Å². The predicted octanol–water partition coefficient (Wildman–Crippen LogP) is 6.50. The summed E-state index contributed by atoms with van der Waals surface area (Å²) in [6.07, 6.45) is 1.65. The molecule has 4 rings (SSSR count). The Morgan fingerprint density at radius 3 is 1.45 bits per heavy atom. The van der Waals surface area contributed by atoms with Crippen LogP contribution in [0.25, 0.3) is 0 Å². The number of aliphatic imine (C=N–C) groups is 1. The van der Waals surface area contributed by atoms with E-state index < -0.39 is 43.0 Å². The zero-order valence-electron chi connectivity index (χ0n) is 36.1. The molecule has 18 nitrogen and oxygen atoms in total. The van der Waals surface area contributed by atoms with E-state index in [0.29, 0.717) is 17.5 Å². The van der Waals surface area contributed by atoms with Crippen LogP contribution < -0.4 is 15.2 Å². The number of urea groups is 1. The highest BCUT2D eigenvalue weighted by Crippen LogP contribution is 2.34. The molecule has 0 bridgehead atoms. The van der Waals surface area contributed by atoms with E-state index in [-0.39, 0.29) is 41.5 Å². The normalized spacial score (nSPS) is 11.3. The molecule has 0 aliphatic rings. The highest BCUT2D eigenvalue weighted by atomic mass is 32.2. The second-order valence-electron chi connectivity index (χ2n) is 14.4. The zero-order valence-corrected chi connectivity index (χ0v) is 37.7. The van der Waals surface area contributed by atoms with Crippen LogP contribution in [0.1, 0.15) is 136 Å². The molecule has 2 amide bonds. The van der Waals surface area contributed by atoms with Crippen LogP contribution in [-0.4, -0.2) is 73.7 Å². The van der Waals surface area contributed by atoms with E-state index >= 15 is 0 Å². The van der Waals surface area contributed by atoms with Gasteiger partial charge in [0.15, 0.2) is 10.1 Å². The molecule has 60 heavy (non-hydrogen) atoms. The maximum Gasteiger partial charge on any atom is 0.356 e. The van der Waals surface area contributed by atoms with Crippen LogP contribution in [-0.2, 0) is 48.4 Å². The number of anilines is 1. The number of nitrogens with zero attached hydrogens (tertiary/aromatic N) is 5. The van der Waals surface area contributed by atoms with Gasteiger partial charge >= 0.3 is 18.0 Å². The summed E-state index contributed by atoms with van der Waals surface area (Å²) >= 11 is 0. The van der Waals surface area contributed by atoms with Crippen molar-refractivity contribution >= 4 is 55.5 Å². The third kappa shape index (κ3) is 13.7. The summed E-state index contributed by atoms with van der Waals surface area (Å²) < 4.78 is 60.8. The molecule has 20 heteroatoms.